The fourth-order valence-electron chi connectivity index (χ4n) is 3.47. The van der Waals surface area contributed by atoms with Gasteiger partial charge in [-0.25, -0.2) is 4.39 Å². The molecule has 0 aromatic heterocycles. The van der Waals surface area contributed by atoms with Gasteiger partial charge in [-0.3, -0.25) is 9.59 Å². The molecule has 6 heteroatoms. The van der Waals surface area contributed by atoms with Crippen LogP contribution in [0.15, 0.2) is 78.9 Å². The molecule has 30 heavy (non-hydrogen) atoms. The molecule has 0 bridgehead atoms. The van der Waals surface area contributed by atoms with E-state index in [9.17, 15) is 14.0 Å². The van der Waals surface area contributed by atoms with Crippen LogP contribution in [0.2, 0.25) is 0 Å². The number of nitrogens with one attached hydrogen (secondary N) is 2. The second kappa shape index (κ2) is 8.29. The Morgan fingerprint density at radius 2 is 1.67 bits per heavy atom. The summed E-state index contributed by atoms with van der Waals surface area (Å²) >= 11 is 0. The van der Waals surface area contributed by atoms with Crippen LogP contribution in [0, 0.1) is 12.7 Å². The van der Waals surface area contributed by atoms with Crippen molar-refractivity contribution < 1.29 is 18.7 Å². The number of benzene rings is 3. The summed E-state index contributed by atoms with van der Waals surface area (Å²) in [7, 11) is 0. The molecule has 2 amide bonds. The zero-order valence-corrected chi connectivity index (χ0v) is 16.4. The highest BCUT2D eigenvalue weighted by atomic mass is 19.1. The smallest absolute Gasteiger partial charge is 0.304 e. The molecule has 5 nitrogen and oxygen atoms in total. The zero-order chi connectivity index (χ0) is 21.1. The quantitative estimate of drug-likeness (QED) is 0.659. The molecule has 4 rings (SSSR count). The summed E-state index contributed by atoms with van der Waals surface area (Å²) in [6.07, 6.45) is 1.85. The lowest BCUT2D eigenvalue weighted by molar-refractivity contribution is -0.596. The van der Waals surface area contributed by atoms with Crippen molar-refractivity contribution in [1.29, 1.82) is 0 Å². The standard InChI is InChI=1S/C24H20FN3O2/c1-16-7-9-17(10-8-16)15-28-22(18-5-3-2-4-6-18)21(24(30)27-28)26-23(29)19-11-13-20(25)14-12-19/h2-15,21-22H,1H3,(H-,26,27,29,30)/p+1/b28-15-/t21-,22+/m0/s1. The Morgan fingerprint density at radius 3 is 2.33 bits per heavy atom. The molecule has 3 aromatic carbocycles. The maximum absolute atomic E-state index is 13.2. The van der Waals surface area contributed by atoms with E-state index in [-0.39, 0.29) is 11.5 Å². The summed E-state index contributed by atoms with van der Waals surface area (Å²) in [5.74, 6) is -1.18. The minimum Gasteiger partial charge on any atom is -0.334 e. The summed E-state index contributed by atoms with van der Waals surface area (Å²) in [4.78, 5) is 25.5. The Bertz CT molecular complexity index is 1090. The Kier molecular flexibility index (Phi) is 5.39. The van der Waals surface area contributed by atoms with Crippen LogP contribution < -0.4 is 10.7 Å². The van der Waals surface area contributed by atoms with Crippen LogP contribution >= 0.6 is 0 Å². The summed E-state index contributed by atoms with van der Waals surface area (Å²) in [6, 6.07) is 21.4. The van der Waals surface area contributed by atoms with Gasteiger partial charge in [-0.15, -0.1) is 10.1 Å². The molecule has 150 valence electrons. The molecule has 0 saturated carbocycles. The summed E-state index contributed by atoms with van der Waals surface area (Å²) in [5, 5.41) is 2.80. The molecule has 1 heterocycles. The molecule has 2 atom stereocenters. The summed E-state index contributed by atoms with van der Waals surface area (Å²) < 4.78 is 14.9. The van der Waals surface area contributed by atoms with E-state index in [1.807, 2.05) is 67.7 Å². The van der Waals surface area contributed by atoms with Crippen molar-refractivity contribution in [2.45, 2.75) is 19.0 Å². The van der Waals surface area contributed by atoms with Crippen LogP contribution in [0.5, 0.6) is 0 Å². The van der Waals surface area contributed by atoms with Crippen LogP contribution in [-0.2, 0) is 4.79 Å². The molecule has 0 unspecified atom stereocenters. The number of carbonyl (C=O) groups excluding carboxylic acids is 2. The summed E-state index contributed by atoms with van der Waals surface area (Å²) in [5.41, 5.74) is 6.08. The third-order valence-electron chi connectivity index (χ3n) is 5.04. The van der Waals surface area contributed by atoms with E-state index < -0.39 is 23.8 Å². The van der Waals surface area contributed by atoms with E-state index in [2.05, 4.69) is 10.7 Å². The zero-order valence-electron chi connectivity index (χ0n) is 16.4. The maximum Gasteiger partial charge on any atom is 0.304 e. The highest BCUT2D eigenvalue weighted by Crippen LogP contribution is 2.25. The van der Waals surface area contributed by atoms with Gasteiger partial charge in [0.1, 0.15) is 5.82 Å². The molecule has 1 aliphatic rings. The van der Waals surface area contributed by atoms with Crippen molar-refractivity contribution in [2.24, 2.45) is 0 Å². The van der Waals surface area contributed by atoms with Crippen molar-refractivity contribution in [3.63, 3.8) is 0 Å². The van der Waals surface area contributed by atoms with E-state index in [1.165, 1.54) is 24.3 Å². The van der Waals surface area contributed by atoms with Gasteiger partial charge in [0.15, 0.2) is 6.04 Å². The van der Waals surface area contributed by atoms with Crippen molar-refractivity contribution in [3.05, 3.63) is 107 Å². The first-order valence-electron chi connectivity index (χ1n) is 9.63. The topological polar surface area (TPSA) is 61.2 Å². The number of hydrazine groups is 1. The van der Waals surface area contributed by atoms with Crippen LogP contribution in [0.1, 0.15) is 33.1 Å². The van der Waals surface area contributed by atoms with E-state index in [0.717, 1.165) is 16.7 Å². The van der Waals surface area contributed by atoms with Crippen LogP contribution in [0.25, 0.3) is 0 Å². The largest absolute Gasteiger partial charge is 0.334 e. The highest BCUT2D eigenvalue weighted by Gasteiger charge is 2.47. The lowest BCUT2D eigenvalue weighted by atomic mass is 10.00. The minimum absolute atomic E-state index is 0.289. The monoisotopic (exact) mass is 402 g/mol. The minimum atomic E-state index is -0.813. The number of carbonyl (C=O) groups is 2. The van der Waals surface area contributed by atoms with E-state index in [4.69, 9.17) is 0 Å². The molecule has 1 aliphatic heterocycles. The molecule has 1 saturated heterocycles. The van der Waals surface area contributed by atoms with E-state index in [0.29, 0.717) is 0 Å². The number of hydrazone groups is 1. The second-order valence-corrected chi connectivity index (χ2v) is 7.24. The van der Waals surface area contributed by atoms with E-state index >= 15 is 0 Å². The average molecular weight is 402 g/mol. The molecular weight excluding hydrogens is 381 g/mol. The Morgan fingerprint density at radius 1 is 1.00 bits per heavy atom. The van der Waals surface area contributed by atoms with Crippen LogP contribution in [0.4, 0.5) is 4.39 Å². The molecule has 0 aliphatic carbocycles. The number of amides is 2. The van der Waals surface area contributed by atoms with Gasteiger partial charge in [0.05, 0.1) is 0 Å². The van der Waals surface area contributed by atoms with Gasteiger partial charge in [0.25, 0.3) is 5.91 Å². The van der Waals surface area contributed by atoms with Crippen LogP contribution in [0.3, 0.4) is 0 Å². The number of hydrogen-bond acceptors (Lipinski definition) is 2. The highest BCUT2D eigenvalue weighted by molar-refractivity contribution is 5.98. The Balaban J connectivity index is 1.68. The first kappa shape index (κ1) is 19.5. The fourth-order valence-corrected chi connectivity index (χ4v) is 3.47. The average Bonchev–Trinajstić information content (AvgIpc) is 3.05. The fraction of sp³-hybridized carbons (Fsp3) is 0.125. The molecule has 1 fully saturated rings. The van der Waals surface area contributed by atoms with Crippen molar-refractivity contribution >= 4 is 18.0 Å². The first-order chi connectivity index (χ1) is 14.5. The van der Waals surface area contributed by atoms with Gasteiger partial charge in [0.2, 0.25) is 12.3 Å². The molecule has 0 spiro atoms. The molecule has 0 radical (unpaired) electrons. The van der Waals surface area contributed by atoms with Crippen molar-refractivity contribution in [2.75, 3.05) is 0 Å². The molecular formula is C24H21FN3O2+. The first-order valence-corrected chi connectivity index (χ1v) is 9.63. The lowest BCUT2D eigenvalue weighted by Crippen LogP contribution is -2.42. The predicted octanol–water partition coefficient (Wildman–Crippen LogP) is 3.15. The van der Waals surface area contributed by atoms with Gasteiger partial charge in [-0.05, 0) is 43.3 Å². The van der Waals surface area contributed by atoms with Crippen LogP contribution in [-0.4, -0.2) is 28.8 Å². The number of halogens is 1. The Labute approximate surface area is 173 Å². The number of aryl methyl sites for hydroxylation is 1. The van der Waals surface area contributed by atoms with Gasteiger partial charge < -0.3 is 5.32 Å². The van der Waals surface area contributed by atoms with Crippen molar-refractivity contribution in [3.8, 4) is 0 Å². The van der Waals surface area contributed by atoms with Gasteiger partial charge in [-0.1, -0.05) is 48.0 Å². The van der Waals surface area contributed by atoms with Crippen molar-refractivity contribution in [1.82, 2.24) is 10.7 Å². The third-order valence-corrected chi connectivity index (χ3v) is 5.04. The predicted molar refractivity (Wildman–Crippen MR) is 112 cm³/mol. The maximum atomic E-state index is 13.2. The number of nitrogens with zero attached hydrogens (tertiary/aromatic N) is 1. The molecule has 2 N–H and O–H groups in total. The SMILES string of the molecule is Cc1ccc(/C=[N+]2\NC(=O)[C@@H](NC(=O)c3ccc(F)cc3)[C@H]2c2ccccc2)cc1. The van der Waals surface area contributed by atoms with Gasteiger partial charge in [0, 0.05) is 16.7 Å². The molecule has 3 aromatic rings. The van der Waals surface area contributed by atoms with E-state index in [1.54, 1.807) is 4.68 Å². The Hall–Kier alpha value is -3.80. The third kappa shape index (κ3) is 4.12. The normalized spacial score (nSPS) is 19.5. The van der Waals surface area contributed by atoms with Gasteiger partial charge >= 0.3 is 5.91 Å². The number of hydrogen-bond donors (Lipinski definition) is 2. The second-order valence-electron chi connectivity index (χ2n) is 7.24. The summed E-state index contributed by atoms with van der Waals surface area (Å²) in [6.45, 7) is 2.01. The lowest BCUT2D eigenvalue weighted by Gasteiger charge is -2.14. The van der Waals surface area contributed by atoms with Gasteiger partial charge in [-0.2, -0.15) is 0 Å². The number of rotatable bonds is 4.